The first-order valence-electron chi connectivity index (χ1n) is 8.02. The minimum Gasteiger partial charge on any atom is -0.484 e. The van der Waals surface area contributed by atoms with Gasteiger partial charge in [0.25, 0.3) is 11.1 Å². The zero-order valence-corrected chi connectivity index (χ0v) is 16.3. The van der Waals surface area contributed by atoms with Gasteiger partial charge in [0.1, 0.15) is 16.8 Å². The van der Waals surface area contributed by atoms with Crippen LogP contribution in [0.1, 0.15) is 23.9 Å². The Balaban J connectivity index is 1.53. The van der Waals surface area contributed by atoms with Gasteiger partial charge < -0.3 is 14.5 Å². The van der Waals surface area contributed by atoms with Gasteiger partial charge >= 0.3 is 0 Å². The standard InChI is InChI=1S/C18H16N4O3S2/c1-11-4-3-5-14(8-11)24-10-15-21-22-18(25-15)27-12(2)16(23)20-17-13(9-19)6-7-26-17/h3-8,12H,10H2,1-2H3,(H,20,23)/t12-/m1/s1. The van der Waals surface area contributed by atoms with Crippen LogP contribution >= 0.6 is 23.1 Å². The number of nitriles is 1. The van der Waals surface area contributed by atoms with Crippen LogP contribution < -0.4 is 10.1 Å². The molecule has 0 radical (unpaired) electrons. The average molecular weight is 400 g/mol. The van der Waals surface area contributed by atoms with Crippen molar-refractivity contribution >= 4 is 34.0 Å². The number of nitrogens with zero attached hydrogens (tertiary/aromatic N) is 3. The molecule has 1 aromatic carbocycles. The summed E-state index contributed by atoms with van der Waals surface area (Å²) in [6, 6.07) is 11.4. The molecule has 0 aliphatic rings. The lowest BCUT2D eigenvalue weighted by atomic mass is 10.2. The Bertz CT molecular complexity index is 977. The van der Waals surface area contributed by atoms with Gasteiger partial charge in [-0.2, -0.15) is 5.26 Å². The van der Waals surface area contributed by atoms with Crippen molar-refractivity contribution < 1.29 is 13.9 Å². The Morgan fingerprint density at radius 3 is 3.07 bits per heavy atom. The summed E-state index contributed by atoms with van der Waals surface area (Å²) in [6.45, 7) is 3.86. The van der Waals surface area contributed by atoms with E-state index in [1.165, 1.54) is 11.3 Å². The van der Waals surface area contributed by atoms with Crippen molar-refractivity contribution in [2.75, 3.05) is 5.32 Å². The van der Waals surface area contributed by atoms with E-state index in [4.69, 9.17) is 14.4 Å². The SMILES string of the molecule is Cc1cccc(OCc2nnc(S[C@H](C)C(=O)Nc3sccc3C#N)o2)c1. The fourth-order valence-electron chi connectivity index (χ4n) is 2.11. The second-order valence-electron chi connectivity index (χ2n) is 5.59. The summed E-state index contributed by atoms with van der Waals surface area (Å²) in [5.74, 6) is 0.811. The Morgan fingerprint density at radius 1 is 1.44 bits per heavy atom. The van der Waals surface area contributed by atoms with E-state index in [1.54, 1.807) is 18.4 Å². The molecule has 0 saturated carbocycles. The van der Waals surface area contributed by atoms with Gasteiger partial charge in [-0.05, 0) is 43.0 Å². The molecule has 9 heteroatoms. The summed E-state index contributed by atoms with van der Waals surface area (Å²) in [4.78, 5) is 12.3. The number of rotatable bonds is 7. The van der Waals surface area contributed by atoms with Crippen molar-refractivity contribution in [1.82, 2.24) is 10.2 Å². The van der Waals surface area contributed by atoms with E-state index in [-0.39, 0.29) is 17.7 Å². The third-order valence-corrected chi connectivity index (χ3v) is 5.23. The van der Waals surface area contributed by atoms with Crippen LogP contribution in [0.5, 0.6) is 5.75 Å². The van der Waals surface area contributed by atoms with Gasteiger partial charge in [-0.1, -0.05) is 23.9 Å². The predicted molar refractivity (Wildman–Crippen MR) is 103 cm³/mol. The number of amides is 1. The number of aryl methyl sites for hydroxylation is 1. The van der Waals surface area contributed by atoms with E-state index < -0.39 is 5.25 Å². The van der Waals surface area contributed by atoms with Gasteiger partial charge in [-0.3, -0.25) is 4.79 Å². The maximum atomic E-state index is 12.3. The van der Waals surface area contributed by atoms with Gasteiger partial charge in [0, 0.05) is 0 Å². The van der Waals surface area contributed by atoms with E-state index in [0.717, 1.165) is 23.1 Å². The molecule has 1 atom stereocenters. The maximum absolute atomic E-state index is 12.3. The fourth-order valence-corrected chi connectivity index (χ4v) is 3.55. The molecule has 0 bridgehead atoms. The zero-order chi connectivity index (χ0) is 19.2. The highest BCUT2D eigenvalue weighted by molar-refractivity contribution is 8.00. The van der Waals surface area contributed by atoms with Crippen molar-refractivity contribution in [2.24, 2.45) is 0 Å². The Kier molecular flexibility index (Phi) is 6.11. The van der Waals surface area contributed by atoms with Crippen LogP contribution in [-0.2, 0) is 11.4 Å². The van der Waals surface area contributed by atoms with Crippen LogP contribution in [0.2, 0.25) is 0 Å². The lowest BCUT2D eigenvalue weighted by Crippen LogP contribution is -2.22. The highest BCUT2D eigenvalue weighted by Crippen LogP contribution is 2.26. The van der Waals surface area contributed by atoms with Crippen LogP contribution in [-0.4, -0.2) is 21.4 Å². The quantitative estimate of drug-likeness (QED) is 0.598. The summed E-state index contributed by atoms with van der Waals surface area (Å²) in [6.07, 6.45) is 0. The Hall–Kier alpha value is -2.83. The number of ether oxygens (including phenoxy) is 1. The molecule has 0 aliphatic heterocycles. The number of aromatic nitrogens is 2. The lowest BCUT2D eigenvalue weighted by Gasteiger charge is -2.08. The second kappa shape index (κ2) is 8.70. The normalized spacial score (nSPS) is 11.6. The minimum atomic E-state index is -0.468. The van der Waals surface area contributed by atoms with Crippen LogP contribution in [0.25, 0.3) is 0 Å². The van der Waals surface area contributed by atoms with Crippen molar-refractivity contribution in [1.29, 1.82) is 5.26 Å². The number of carbonyl (C=O) groups is 1. The average Bonchev–Trinajstić information content (AvgIpc) is 3.29. The van der Waals surface area contributed by atoms with E-state index in [0.29, 0.717) is 16.5 Å². The molecule has 2 aromatic heterocycles. The molecule has 0 spiro atoms. The summed E-state index contributed by atoms with van der Waals surface area (Å²) < 4.78 is 11.1. The van der Waals surface area contributed by atoms with E-state index >= 15 is 0 Å². The first-order chi connectivity index (χ1) is 13.0. The molecule has 27 heavy (non-hydrogen) atoms. The number of hydrogen-bond donors (Lipinski definition) is 1. The monoisotopic (exact) mass is 400 g/mol. The van der Waals surface area contributed by atoms with Crippen LogP contribution in [0.15, 0.2) is 45.4 Å². The summed E-state index contributed by atoms with van der Waals surface area (Å²) in [5.41, 5.74) is 1.54. The topological polar surface area (TPSA) is 101 Å². The van der Waals surface area contributed by atoms with E-state index in [9.17, 15) is 4.79 Å². The molecule has 0 unspecified atom stereocenters. The first-order valence-corrected chi connectivity index (χ1v) is 9.78. The molecule has 138 valence electrons. The van der Waals surface area contributed by atoms with Crippen LogP contribution in [0.4, 0.5) is 5.00 Å². The number of benzene rings is 1. The third-order valence-electron chi connectivity index (χ3n) is 3.47. The van der Waals surface area contributed by atoms with Crippen molar-refractivity contribution in [3.8, 4) is 11.8 Å². The van der Waals surface area contributed by atoms with Crippen molar-refractivity contribution in [3.05, 3.63) is 52.7 Å². The molecule has 7 nitrogen and oxygen atoms in total. The maximum Gasteiger partial charge on any atom is 0.277 e. The second-order valence-corrected chi connectivity index (χ2v) is 7.80. The highest BCUT2D eigenvalue weighted by Gasteiger charge is 2.20. The minimum absolute atomic E-state index is 0.151. The van der Waals surface area contributed by atoms with Gasteiger partial charge in [-0.25, -0.2) is 0 Å². The number of thiophene rings is 1. The van der Waals surface area contributed by atoms with Gasteiger partial charge in [-0.15, -0.1) is 21.5 Å². The molecule has 3 aromatic rings. The van der Waals surface area contributed by atoms with E-state index in [2.05, 4.69) is 15.5 Å². The number of carbonyl (C=O) groups excluding carboxylic acids is 1. The zero-order valence-electron chi connectivity index (χ0n) is 14.6. The van der Waals surface area contributed by atoms with Gasteiger partial charge in [0.05, 0.1) is 10.8 Å². The lowest BCUT2D eigenvalue weighted by molar-refractivity contribution is -0.115. The van der Waals surface area contributed by atoms with Gasteiger partial charge in [0.2, 0.25) is 5.91 Å². The molecule has 1 amide bonds. The Morgan fingerprint density at radius 2 is 2.30 bits per heavy atom. The first kappa shape index (κ1) is 18.9. The summed E-state index contributed by atoms with van der Waals surface area (Å²) in [7, 11) is 0. The molecular formula is C18H16N4O3S2. The largest absolute Gasteiger partial charge is 0.484 e. The molecule has 2 heterocycles. The van der Waals surface area contributed by atoms with Crippen LogP contribution in [0.3, 0.4) is 0 Å². The third kappa shape index (κ3) is 5.09. The summed E-state index contributed by atoms with van der Waals surface area (Å²) >= 11 is 2.45. The summed E-state index contributed by atoms with van der Waals surface area (Å²) in [5, 5.41) is 21.7. The number of nitrogens with one attached hydrogen (secondary N) is 1. The van der Waals surface area contributed by atoms with Crippen LogP contribution in [0, 0.1) is 18.3 Å². The molecule has 0 fully saturated rings. The molecule has 0 saturated heterocycles. The Labute approximate surface area is 164 Å². The number of anilines is 1. The number of thioether (sulfide) groups is 1. The molecular weight excluding hydrogens is 384 g/mol. The van der Waals surface area contributed by atoms with Gasteiger partial charge in [0.15, 0.2) is 6.61 Å². The predicted octanol–water partition coefficient (Wildman–Crippen LogP) is 4.01. The van der Waals surface area contributed by atoms with E-state index in [1.807, 2.05) is 37.3 Å². The molecule has 0 aliphatic carbocycles. The molecule has 3 rings (SSSR count). The fraction of sp³-hybridized carbons (Fsp3) is 0.222. The van der Waals surface area contributed by atoms with Crippen molar-refractivity contribution in [2.45, 2.75) is 30.9 Å². The molecule has 1 N–H and O–H groups in total. The number of hydrogen-bond acceptors (Lipinski definition) is 8. The highest BCUT2D eigenvalue weighted by atomic mass is 32.2. The van der Waals surface area contributed by atoms with Crippen molar-refractivity contribution in [3.63, 3.8) is 0 Å². The smallest absolute Gasteiger partial charge is 0.277 e.